The van der Waals surface area contributed by atoms with Gasteiger partial charge in [-0.1, -0.05) is 12.1 Å². The lowest BCUT2D eigenvalue weighted by molar-refractivity contribution is -0.430. The van der Waals surface area contributed by atoms with E-state index in [1.54, 1.807) is 19.2 Å². The molecule has 1 spiro atoms. The maximum absolute atomic E-state index is 13.6. The summed E-state index contributed by atoms with van der Waals surface area (Å²) in [5, 5.41) is 0.697. The van der Waals surface area contributed by atoms with Crippen LogP contribution in [0.4, 0.5) is 10.1 Å². The third-order valence-corrected chi connectivity index (χ3v) is 9.41. The number of aromatic nitrogens is 1. The van der Waals surface area contributed by atoms with Crippen LogP contribution in [-0.4, -0.2) is 90.8 Å². The van der Waals surface area contributed by atoms with E-state index in [-0.39, 0.29) is 29.0 Å². The normalized spacial score (nSPS) is 20.4. The third kappa shape index (κ3) is 4.89. The van der Waals surface area contributed by atoms with Crippen molar-refractivity contribution < 1.29 is 18.6 Å². The molecule has 7 nitrogen and oxygen atoms in total. The van der Waals surface area contributed by atoms with Crippen molar-refractivity contribution in [2.75, 3.05) is 46.3 Å². The summed E-state index contributed by atoms with van der Waals surface area (Å²) in [6.07, 6.45) is 6.76. The Hall–Kier alpha value is -3.65. The van der Waals surface area contributed by atoms with Crippen molar-refractivity contribution in [3.63, 3.8) is 0 Å². The zero-order valence-corrected chi connectivity index (χ0v) is 23.1. The van der Waals surface area contributed by atoms with Gasteiger partial charge in [0.15, 0.2) is 6.54 Å². The number of aromatic amines is 1. The molecule has 1 N–H and O–H groups in total. The van der Waals surface area contributed by atoms with Crippen LogP contribution in [0.15, 0.2) is 47.5 Å². The highest BCUT2D eigenvalue weighted by Gasteiger charge is 2.48. The van der Waals surface area contributed by atoms with Crippen LogP contribution in [0.3, 0.4) is 0 Å². The molecule has 0 aliphatic carbocycles. The smallest absolute Gasteiger partial charge is 0.270 e. The van der Waals surface area contributed by atoms with E-state index in [0.29, 0.717) is 24.2 Å². The van der Waals surface area contributed by atoms with Gasteiger partial charge in [-0.15, -0.1) is 0 Å². The predicted octanol–water partition coefficient (Wildman–Crippen LogP) is 4.42. The number of piperidine rings is 2. The Morgan fingerprint density at radius 1 is 1.18 bits per heavy atom. The number of halogens is 1. The van der Waals surface area contributed by atoms with E-state index in [9.17, 15) is 14.0 Å². The molecule has 1 aromatic heterocycles. The molecule has 6 rings (SSSR count). The van der Waals surface area contributed by atoms with Crippen LogP contribution in [0.1, 0.15) is 47.3 Å². The highest BCUT2D eigenvalue weighted by atomic mass is 19.1. The first-order valence-corrected chi connectivity index (χ1v) is 14.3. The summed E-state index contributed by atoms with van der Waals surface area (Å²) in [6.45, 7) is 9.20. The number of nitrogens with zero attached hydrogens (tertiary/aromatic N) is 4. The van der Waals surface area contributed by atoms with Crippen molar-refractivity contribution in [2.45, 2.75) is 31.1 Å². The number of carbonyl (C=O) groups excluding carboxylic acids is 2. The predicted molar refractivity (Wildman–Crippen MR) is 156 cm³/mol. The molecule has 8 heteroatoms. The lowest BCUT2D eigenvalue weighted by atomic mass is 9.74. The molecule has 3 aromatic rings. The van der Waals surface area contributed by atoms with Crippen molar-refractivity contribution in [3.8, 4) is 0 Å². The van der Waals surface area contributed by atoms with E-state index in [2.05, 4.69) is 44.4 Å². The molecule has 0 radical (unpaired) electrons. The Bertz CT molecular complexity index is 1480. The second kappa shape index (κ2) is 10.7. The number of nitrogens with one attached hydrogen (secondary N) is 1. The van der Waals surface area contributed by atoms with Crippen LogP contribution in [-0.2, 0) is 10.2 Å². The lowest BCUT2D eigenvalue weighted by Gasteiger charge is -2.40. The van der Waals surface area contributed by atoms with E-state index in [0.717, 1.165) is 69.2 Å². The number of rotatable bonds is 6. The minimum absolute atomic E-state index is 0.0292. The molecule has 2 saturated heterocycles. The fourth-order valence-corrected chi connectivity index (χ4v) is 7.14. The SMILES string of the molecule is C=[N+]1CC2(CCN(CC(C=O)C3CCN(C(=O)c4cc5cc(F)ccc5[nH]4)CC3)CC2)c2ccc(C=NC)cc21. The second-order valence-electron chi connectivity index (χ2n) is 11.8. The molecular weight excluding hydrogens is 505 g/mol. The lowest BCUT2D eigenvalue weighted by Crippen LogP contribution is -2.47. The molecular formula is C32H37FN5O2+. The molecule has 208 valence electrons. The van der Waals surface area contributed by atoms with E-state index < -0.39 is 0 Å². The Kier molecular flexibility index (Phi) is 7.13. The fraction of sp³-hybridized carbons (Fsp3) is 0.438. The summed E-state index contributed by atoms with van der Waals surface area (Å²) >= 11 is 0. The fourth-order valence-electron chi connectivity index (χ4n) is 7.14. The highest BCUT2D eigenvalue weighted by molar-refractivity contribution is 5.98. The number of aldehydes is 1. The van der Waals surface area contributed by atoms with Gasteiger partial charge in [0, 0.05) is 61.3 Å². The van der Waals surface area contributed by atoms with E-state index in [1.807, 2.05) is 11.1 Å². The van der Waals surface area contributed by atoms with Gasteiger partial charge < -0.3 is 19.6 Å². The molecule has 2 aromatic carbocycles. The van der Waals surface area contributed by atoms with Gasteiger partial charge in [0.25, 0.3) is 5.91 Å². The molecule has 1 atom stereocenters. The van der Waals surface area contributed by atoms with Gasteiger partial charge in [-0.2, -0.15) is 0 Å². The standard InChI is InChI=1S/C32H36FN5O2/c1-34-18-22-3-5-27-30(15-22)36(2)21-32(27)9-13-37(14-10-32)19-25(20-39)23-7-11-38(12-8-23)31(40)29-17-24-16-26(33)4-6-28(24)35-29/h3-6,15-18,20,23,25H,2,7-14,19,21H2,1H3/p+1. The molecule has 4 heterocycles. The molecule has 0 bridgehead atoms. The molecule has 1 unspecified atom stereocenters. The van der Waals surface area contributed by atoms with Crippen molar-refractivity contribution in [1.29, 1.82) is 0 Å². The van der Waals surface area contributed by atoms with Crippen LogP contribution in [0.25, 0.3) is 10.9 Å². The van der Waals surface area contributed by atoms with E-state index >= 15 is 0 Å². The number of fused-ring (bicyclic) bond motifs is 3. The highest BCUT2D eigenvalue weighted by Crippen LogP contribution is 2.46. The van der Waals surface area contributed by atoms with Gasteiger partial charge in [0.2, 0.25) is 5.69 Å². The number of carbonyl (C=O) groups is 2. The zero-order valence-electron chi connectivity index (χ0n) is 23.1. The topological polar surface area (TPSA) is 71.8 Å². The number of likely N-dealkylation sites (tertiary alicyclic amines) is 2. The van der Waals surface area contributed by atoms with Crippen LogP contribution in [0.5, 0.6) is 0 Å². The van der Waals surface area contributed by atoms with Gasteiger partial charge in [0.05, 0.1) is 5.41 Å². The third-order valence-electron chi connectivity index (χ3n) is 9.41. The van der Waals surface area contributed by atoms with Crippen LogP contribution in [0, 0.1) is 17.7 Å². The summed E-state index contributed by atoms with van der Waals surface area (Å²) in [4.78, 5) is 36.9. The van der Waals surface area contributed by atoms with E-state index in [1.165, 1.54) is 23.4 Å². The summed E-state index contributed by atoms with van der Waals surface area (Å²) in [5.41, 5.74) is 5.05. The van der Waals surface area contributed by atoms with Crippen molar-refractivity contribution in [2.24, 2.45) is 16.8 Å². The van der Waals surface area contributed by atoms with E-state index in [4.69, 9.17) is 0 Å². The average Bonchev–Trinajstić information content (AvgIpc) is 3.51. The summed E-state index contributed by atoms with van der Waals surface area (Å²) in [7, 11) is 1.79. The molecule has 2 fully saturated rings. The van der Waals surface area contributed by atoms with Gasteiger partial charge >= 0.3 is 0 Å². The summed E-state index contributed by atoms with van der Waals surface area (Å²) in [5.74, 6) is -0.137. The number of amides is 1. The molecule has 1 amide bonds. The van der Waals surface area contributed by atoms with Crippen LogP contribution in [0.2, 0.25) is 0 Å². The van der Waals surface area contributed by atoms with Crippen LogP contribution < -0.4 is 0 Å². The number of hydrogen-bond acceptors (Lipinski definition) is 4. The Morgan fingerprint density at radius 2 is 1.95 bits per heavy atom. The molecule has 40 heavy (non-hydrogen) atoms. The first-order valence-electron chi connectivity index (χ1n) is 14.3. The van der Waals surface area contributed by atoms with Crippen LogP contribution >= 0.6 is 0 Å². The maximum Gasteiger partial charge on any atom is 0.270 e. The first-order chi connectivity index (χ1) is 19.4. The van der Waals surface area contributed by atoms with Crippen molar-refractivity contribution in [1.82, 2.24) is 14.8 Å². The summed E-state index contributed by atoms with van der Waals surface area (Å²) in [6, 6.07) is 12.8. The van der Waals surface area contributed by atoms with Crippen molar-refractivity contribution >= 4 is 41.7 Å². The number of H-pyrrole nitrogens is 1. The number of benzene rings is 2. The number of aliphatic imine (C=N–C) groups is 1. The van der Waals surface area contributed by atoms with Gasteiger partial charge in [-0.25, -0.2) is 8.97 Å². The van der Waals surface area contributed by atoms with Crippen molar-refractivity contribution in [3.05, 3.63) is 65.1 Å². The Balaban J connectivity index is 1.04. The monoisotopic (exact) mass is 542 g/mol. The zero-order chi connectivity index (χ0) is 27.9. The summed E-state index contributed by atoms with van der Waals surface area (Å²) < 4.78 is 15.7. The average molecular weight is 543 g/mol. The molecule has 0 saturated carbocycles. The molecule has 3 aliphatic heterocycles. The minimum Gasteiger partial charge on any atom is -0.351 e. The van der Waals surface area contributed by atoms with Gasteiger partial charge in [-0.3, -0.25) is 9.79 Å². The Morgan fingerprint density at radius 3 is 2.67 bits per heavy atom. The second-order valence-corrected chi connectivity index (χ2v) is 11.8. The largest absolute Gasteiger partial charge is 0.351 e. The number of hydrogen-bond donors (Lipinski definition) is 1. The first kappa shape index (κ1) is 26.6. The van der Waals surface area contributed by atoms with Gasteiger partial charge in [0.1, 0.15) is 24.5 Å². The van der Waals surface area contributed by atoms with Gasteiger partial charge in [-0.05, 0) is 74.5 Å². The quantitative estimate of drug-likeness (QED) is 0.285. The minimum atomic E-state index is -0.316. The molecule has 3 aliphatic rings. The maximum atomic E-state index is 13.6. The Labute approximate surface area is 234 Å².